The minimum absolute atomic E-state index is 0.0110. The van der Waals surface area contributed by atoms with Crippen molar-refractivity contribution in [3.8, 4) is 0 Å². The van der Waals surface area contributed by atoms with Crippen LogP contribution in [0.3, 0.4) is 0 Å². The summed E-state index contributed by atoms with van der Waals surface area (Å²) in [5, 5.41) is 8.84. The fourth-order valence-corrected chi connectivity index (χ4v) is 2.65. The molecule has 118 valence electrons. The van der Waals surface area contributed by atoms with E-state index in [1.54, 1.807) is 31.4 Å². The van der Waals surface area contributed by atoms with Gasteiger partial charge in [-0.2, -0.15) is 0 Å². The summed E-state index contributed by atoms with van der Waals surface area (Å²) in [5.74, 6) is -0.557. The third-order valence-electron chi connectivity index (χ3n) is 3.81. The van der Waals surface area contributed by atoms with Gasteiger partial charge in [0.25, 0.3) is 0 Å². The first-order valence-corrected chi connectivity index (χ1v) is 7.39. The molecule has 1 fully saturated rings. The summed E-state index contributed by atoms with van der Waals surface area (Å²) in [6, 6.07) is 6.44. The van der Waals surface area contributed by atoms with Crippen LogP contribution < -0.4 is 0 Å². The Balaban J connectivity index is 1.94. The zero-order valence-corrected chi connectivity index (χ0v) is 12.7. The molecule has 2 rings (SSSR count). The van der Waals surface area contributed by atoms with Gasteiger partial charge in [0.2, 0.25) is 5.91 Å². The van der Waals surface area contributed by atoms with Crippen molar-refractivity contribution in [1.82, 2.24) is 4.90 Å². The van der Waals surface area contributed by atoms with Gasteiger partial charge in [0.15, 0.2) is 0 Å². The fraction of sp³-hybridized carbons (Fsp3) is 0.412. The van der Waals surface area contributed by atoms with Gasteiger partial charge in [-0.3, -0.25) is 4.79 Å². The Bertz CT molecular complexity index is 548. The second-order valence-corrected chi connectivity index (χ2v) is 5.51. The van der Waals surface area contributed by atoms with Gasteiger partial charge >= 0.3 is 5.97 Å². The lowest BCUT2D eigenvalue weighted by Gasteiger charge is -2.31. The molecule has 0 radical (unpaired) electrons. The van der Waals surface area contributed by atoms with Crippen LogP contribution in [0.25, 0.3) is 6.08 Å². The molecule has 1 aromatic rings. The number of nitrogens with zero attached hydrogens (tertiary/aromatic N) is 1. The quantitative estimate of drug-likeness (QED) is 0.848. The molecule has 5 heteroatoms. The normalized spacial score (nSPS) is 18.6. The van der Waals surface area contributed by atoms with Crippen LogP contribution in [0.4, 0.5) is 0 Å². The topological polar surface area (TPSA) is 66.8 Å². The highest BCUT2D eigenvalue weighted by molar-refractivity contribution is 5.92. The van der Waals surface area contributed by atoms with E-state index in [1.807, 2.05) is 4.90 Å². The predicted octanol–water partition coefficient (Wildman–Crippen LogP) is 2.28. The zero-order chi connectivity index (χ0) is 15.9. The summed E-state index contributed by atoms with van der Waals surface area (Å²) < 4.78 is 5.17. The molecular weight excluding hydrogens is 282 g/mol. The SMILES string of the molecule is COCC1CCCN(C(=O)C=Cc2ccc(C(=O)O)cc2)C1. The number of methoxy groups -OCH3 is 1. The first-order valence-electron chi connectivity index (χ1n) is 7.39. The molecule has 0 aromatic heterocycles. The molecule has 1 aliphatic rings. The summed E-state index contributed by atoms with van der Waals surface area (Å²) >= 11 is 0. The molecule has 0 aliphatic carbocycles. The molecule has 1 atom stereocenters. The third kappa shape index (κ3) is 4.43. The van der Waals surface area contributed by atoms with Crippen LogP contribution >= 0.6 is 0 Å². The highest BCUT2D eigenvalue weighted by atomic mass is 16.5. The van der Waals surface area contributed by atoms with Gasteiger partial charge in [-0.15, -0.1) is 0 Å². The standard InChI is InChI=1S/C17H21NO4/c1-22-12-14-3-2-10-18(11-14)16(19)9-6-13-4-7-15(8-5-13)17(20)21/h4-9,14H,2-3,10-12H2,1H3,(H,20,21). The largest absolute Gasteiger partial charge is 0.478 e. The van der Waals surface area contributed by atoms with E-state index < -0.39 is 5.97 Å². The Kier molecular flexibility index (Phi) is 5.72. The molecule has 0 bridgehead atoms. The van der Waals surface area contributed by atoms with Gasteiger partial charge < -0.3 is 14.7 Å². The second-order valence-electron chi connectivity index (χ2n) is 5.51. The maximum Gasteiger partial charge on any atom is 0.335 e. The zero-order valence-electron chi connectivity index (χ0n) is 12.7. The number of carbonyl (C=O) groups is 2. The van der Waals surface area contributed by atoms with Gasteiger partial charge in [0, 0.05) is 26.3 Å². The van der Waals surface area contributed by atoms with Gasteiger partial charge in [-0.25, -0.2) is 4.79 Å². The van der Waals surface area contributed by atoms with Crippen molar-refractivity contribution in [1.29, 1.82) is 0 Å². The summed E-state index contributed by atoms with van der Waals surface area (Å²) in [5.41, 5.74) is 1.05. The number of rotatable bonds is 5. The van der Waals surface area contributed by atoms with Gasteiger partial charge in [0.1, 0.15) is 0 Å². The Morgan fingerprint density at radius 2 is 2.09 bits per heavy atom. The van der Waals surface area contributed by atoms with E-state index in [2.05, 4.69) is 0 Å². The minimum atomic E-state index is -0.955. The van der Waals surface area contributed by atoms with Crippen LogP contribution in [-0.2, 0) is 9.53 Å². The Morgan fingerprint density at radius 1 is 1.36 bits per heavy atom. The lowest BCUT2D eigenvalue weighted by Crippen LogP contribution is -2.40. The highest BCUT2D eigenvalue weighted by Crippen LogP contribution is 2.17. The highest BCUT2D eigenvalue weighted by Gasteiger charge is 2.22. The molecule has 1 unspecified atom stereocenters. The van der Waals surface area contributed by atoms with Crippen molar-refractivity contribution in [2.24, 2.45) is 5.92 Å². The number of likely N-dealkylation sites (tertiary alicyclic amines) is 1. The number of ether oxygens (including phenoxy) is 1. The Hall–Kier alpha value is -2.14. The molecule has 1 heterocycles. The number of carboxylic acids is 1. The average Bonchev–Trinajstić information content (AvgIpc) is 2.53. The number of hydrogen-bond acceptors (Lipinski definition) is 3. The molecule has 5 nitrogen and oxygen atoms in total. The van der Waals surface area contributed by atoms with Crippen LogP contribution in [0.1, 0.15) is 28.8 Å². The van der Waals surface area contributed by atoms with E-state index in [9.17, 15) is 9.59 Å². The van der Waals surface area contributed by atoms with E-state index in [0.717, 1.165) is 31.5 Å². The van der Waals surface area contributed by atoms with Gasteiger partial charge in [0.05, 0.1) is 12.2 Å². The maximum absolute atomic E-state index is 12.2. The molecule has 0 saturated carbocycles. The number of carbonyl (C=O) groups excluding carboxylic acids is 1. The Labute approximate surface area is 130 Å². The summed E-state index contributed by atoms with van der Waals surface area (Å²) in [6.45, 7) is 2.19. The summed E-state index contributed by atoms with van der Waals surface area (Å²) in [6.07, 6.45) is 5.36. The number of hydrogen-bond donors (Lipinski definition) is 1. The van der Waals surface area contributed by atoms with Crippen LogP contribution in [-0.4, -0.2) is 48.7 Å². The minimum Gasteiger partial charge on any atom is -0.478 e. The lowest BCUT2D eigenvalue weighted by atomic mass is 9.99. The summed E-state index contributed by atoms with van der Waals surface area (Å²) in [7, 11) is 1.68. The molecule has 0 spiro atoms. The summed E-state index contributed by atoms with van der Waals surface area (Å²) in [4.78, 5) is 24.8. The molecule has 1 N–H and O–H groups in total. The van der Waals surface area contributed by atoms with Crippen molar-refractivity contribution in [3.63, 3.8) is 0 Å². The number of piperidine rings is 1. The average molecular weight is 303 g/mol. The van der Waals surface area contributed by atoms with Crippen LogP contribution in [0.5, 0.6) is 0 Å². The van der Waals surface area contributed by atoms with Crippen LogP contribution in [0.2, 0.25) is 0 Å². The van der Waals surface area contributed by atoms with Crippen molar-refractivity contribution >= 4 is 18.0 Å². The van der Waals surface area contributed by atoms with E-state index in [0.29, 0.717) is 12.5 Å². The van der Waals surface area contributed by atoms with E-state index in [1.165, 1.54) is 12.1 Å². The van der Waals surface area contributed by atoms with E-state index in [4.69, 9.17) is 9.84 Å². The van der Waals surface area contributed by atoms with Crippen LogP contribution in [0.15, 0.2) is 30.3 Å². The van der Waals surface area contributed by atoms with E-state index >= 15 is 0 Å². The smallest absolute Gasteiger partial charge is 0.335 e. The third-order valence-corrected chi connectivity index (χ3v) is 3.81. The first-order chi connectivity index (χ1) is 10.6. The molecule has 1 amide bonds. The number of benzene rings is 1. The number of carboxylic acid groups (broad SMARTS) is 1. The van der Waals surface area contributed by atoms with Gasteiger partial charge in [-0.1, -0.05) is 12.1 Å². The second kappa shape index (κ2) is 7.75. The number of aromatic carboxylic acids is 1. The van der Waals surface area contributed by atoms with Gasteiger partial charge in [-0.05, 0) is 42.5 Å². The van der Waals surface area contributed by atoms with Crippen molar-refractivity contribution in [3.05, 3.63) is 41.5 Å². The van der Waals surface area contributed by atoms with Crippen molar-refractivity contribution < 1.29 is 19.4 Å². The maximum atomic E-state index is 12.2. The molecule has 1 aromatic carbocycles. The van der Waals surface area contributed by atoms with Crippen molar-refractivity contribution in [2.45, 2.75) is 12.8 Å². The molecule has 1 aliphatic heterocycles. The fourth-order valence-electron chi connectivity index (χ4n) is 2.65. The van der Waals surface area contributed by atoms with Crippen LogP contribution in [0, 0.1) is 5.92 Å². The molecule has 1 saturated heterocycles. The first kappa shape index (κ1) is 16.2. The predicted molar refractivity (Wildman–Crippen MR) is 83.6 cm³/mol. The van der Waals surface area contributed by atoms with Crippen molar-refractivity contribution in [2.75, 3.05) is 26.8 Å². The Morgan fingerprint density at radius 3 is 2.73 bits per heavy atom. The number of amides is 1. The molecule has 22 heavy (non-hydrogen) atoms. The molecular formula is C17H21NO4. The lowest BCUT2D eigenvalue weighted by molar-refractivity contribution is -0.128. The van der Waals surface area contributed by atoms with E-state index in [-0.39, 0.29) is 11.5 Å². The monoisotopic (exact) mass is 303 g/mol.